The molecule has 208 valence electrons. The first-order chi connectivity index (χ1) is 20.0. The lowest BCUT2D eigenvalue weighted by molar-refractivity contribution is 0.298. The zero-order valence-electron chi connectivity index (χ0n) is 26.0. The van der Waals surface area contributed by atoms with E-state index in [0.717, 1.165) is 6.42 Å². The molecule has 0 spiro atoms. The van der Waals surface area contributed by atoms with Crippen LogP contribution in [0.3, 0.4) is 0 Å². The molecule has 0 aliphatic heterocycles. The van der Waals surface area contributed by atoms with E-state index >= 15 is 0 Å². The van der Waals surface area contributed by atoms with Gasteiger partial charge in [0, 0.05) is 10.8 Å². The SMILES string of the molecule is CC1(C)c2ccccc2-c2cc3c(cc21)C(C)(Cc1cccc2c1-c1ccccc1C(C)(C)C2(C)C)c1ccccc1-3. The number of hydrogen-bond acceptors (Lipinski definition) is 0. The van der Waals surface area contributed by atoms with E-state index in [0.29, 0.717) is 0 Å². The highest BCUT2D eigenvalue weighted by atomic mass is 14.5. The molecule has 3 aliphatic carbocycles. The monoisotopic (exact) mass is 544 g/mol. The van der Waals surface area contributed by atoms with Crippen molar-refractivity contribution in [1.29, 1.82) is 0 Å². The van der Waals surface area contributed by atoms with Crippen LogP contribution in [0.15, 0.2) is 103 Å². The molecular formula is C42H40. The summed E-state index contributed by atoms with van der Waals surface area (Å²) >= 11 is 0. The third kappa shape index (κ3) is 3.03. The van der Waals surface area contributed by atoms with Crippen LogP contribution in [0.2, 0.25) is 0 Å². The van der Waals surface area contributed by atoms with Crippen LogP contribution < -0.4 is 0 Å². The van der Waals surface area contributed by atoms with Crippen molar-refractivity contribution >= 4 is 0 Å². The molecule has 0 saturated carbocycles. The molecule has 0 saturated heterocycles. The quantitative estimate of drug-likeness (QED) is 0.207. The molecule has 0 fully saturated rings. The molecule has 3 aliphatic rings. The van der Waals surface area contributed by atoms with Gasteiger partial charge in [0.25, 0.3) is 0 Å². The number of hydrogen-bond donors (Lipinski definition) is 0. The van der Waals surface area contributed by atoms with Gasteiger partial charge in [-0.2, -0.15) is 0 Å². The summed E-state index contributed by atoms with van der Waals surface area (Å²) in [5.74, 6) is 0. The standard InChI is InChI=1S/C42H40/c1-39(2)32-19-11-8-16-27(32)30-23-31-28-17-9-13-21-34(28)42(7,37(31)24-36(30)39)25-26-15-14-22-35-38(26)29-18-10-12-20-33(29)40(3,4)41(35,5)6/h8-24H,25H2,1-7H3. The second-order valence-corrected chi connectivity index (χ2v) is 14.8. The Hall–Kier alpha value is -3.90. The second-order valence-electron chi connectivity index (χ2n) is 14.8. The predicted molar refractivity (Wildman–Crippen MR) is 178 cm³/mol. The maximum Gasteiger partial charge on any atom is 0.0227 e. The highest BCUT2D eigenvalue weighted by Crippen LogP contribution is 2.59. The maximum absolute atomic E-state index is 2.58. The van der Waals surface area contributed by atoms with Crippen LogP contribution in [-0.4, -0.2) is 0 Å². The second kappa shape index (κ2) is 8.13. The van der Waals surface area contributed by atoms with Gasteiger partial charge in [0.1, 0.15) is 0 Å². The van der Waals surface area contributed by atoms with Gasteiger partial charge < -0.3 is 0 Å². The maximum atomic E-state index is 2.58. The Kier molecular flexibility index (Phi) is 4.99. The minimum Gasteiger partial charge on any atom is -0.0619 e. The molecule has 0 heterocycles. The minimum absolute atomic E-state index is 0.00964. The molecule has 1 atom stereocenters. The first kappa shape index (κ1) is 25.8. The highest BCUT2D eigenvalue weighted by Gasteiger charge is 2.48. The van der Waals surface area contributed by atoms with E-state index in [2.05, 4.69) is 152 Å². The third-order valence-corrected chi connectivity index (χ3v) is 11.9. The molecule has 5 aromatic carbocycles. The Bertz CT molecular complexity index is 1950. The Balaban J connectivity index is 1.36. The van der Waals surface area contributed by atoms with Gasteiger partial charge in [0.2, 0.25) is 0 Å². The fourth-order valence-electron chi connectivity index (χ4n) is 8.85. The van der Waals surface area contributed by atoms with E-state index in [1.54, 1.807) is 0 Å². The molecule has 0 amide bonds. The zero-order chi connectivity index (χ0) is 29.2. The predicted octanol–water partition coefficient (Wildman–Crippen LogP) is 10.8. The van der Waals surface area contributed by atoms with Crippen LogP contribution in [0.4, 0.5) is 0 Å². The van der Waals surface area contributed by atoms with Crippen molar-refractivity contribution in [3.8, 4) is 33.4 Å². The highest BCUT2D eigenvalue weighted by molar-refractivity contribution is 5.90. The summed E-state index contributed by atoms with van der Waals surface area (Å²) in [5.41, 5.74) is 18.6. The van der Waals surface area contributed by atoms with Gasteiger partial charge in [0.05, 0.1) is 0 Å². The van der Waals surface area contributed by atoms with E-state index in [9.17, 15) is 0 Å². The average molecular weight is 545 g/mol. The summed E-state index contributed by atoms with van der Waals surface area (Å²) in [5, 5.41) is 0. The van der Waals surface area contributed by atoms with Gasteiger partial charge in [0.15, 0.2) is 0 Å². The lowest BCUT2D eigenvalue weighted by Gasteiger charge is -2.49. The third-order valence-electron chi connectivity index (χ3n) is 11.9. The normalized spacial score (nSPS) is 21.0. The van der Waals surface area contributed by atoms with Crippen molar-refractivity contribution in [2.24, 2.45) is 0 Å². The first-order valence-electron chi connectivity index (χ1n) is 15.6. The van der Waals surface area contributed by atoms with Crippen LogP contribution in [-0.2, 0) is 28.1 Å². The fraction of sp³-hybridized carbons (Fsp3) is 0.286. The van der Waals surface area contributed by atoms with Gasteiger partial charge in [-0.1, -0.05) is 146 Å². The van der Waals surface area contributed by atoms with Crippen molar-refractivity contribution in [2.75, 3.05) is 0 Å². The minimum atomic E-state index is -0.132. The smallest absolute Gasteiger partial charge is 0.0227 e. The molecule has 5 aromatic rings. The molecule has 42 heavy (non-hydrogen) atoms. The molecule has 0 nitrogen and oxygen atoms in total. The Morgan fingerprint density at radius 3 is 1.64 bits per heavy atom. The van der Waals surface area contributed by atoms with Crippen molar-refractivity contribution in [3.63, 3.8) is 0 Å². The molecule has 0 N–H and O–H groups in total. The van der Waals surface area contributed by atoms with Crippen LogP contribution in [0.1, 0.15) is 87.4 Å². The van der Waals surface area contributed by atoms with Crippen LogP contribution in [0.5, 0.6) is 0 Å². The molecular weight excluding hydrogens is 504 g/mol. The molecule has 8 rings (SSSR count). The number of rotatable bonds is 2. The number of fused-ring (bicyclic) bond motifs is 9. The summed E-state index contributed by atoms with van der Waals surface area (Å²) in [6.07, 6.45) is 0.969. The topological polar surface area (TPSA) is 0 Å². The molecule has 0 radical (unpaired) electrons. The van der Waals surface area contributed by atoms with E-state index in [4.69, 9.17) is 0 Å². The van der Waals surface area contributed by atoms with Crippen LogP contribution in [0, 0.1) is 0 Å². The Morgan fingerprint density at radius 2 is 0.929 bits per heavy atom. The van der Waals surface area contributed by atoms with Crippen molar-refractivity contribution < 1.29 is 0 Å². The summed E-state index contributed by atoms with van der Waals surface area (Å²) in [7, 11) is 0. The largest absolute Gasteiger partial charge is 0.0619 e. The van der Waals surface area contributed by atoms with E-state index < -0.39 is 0 Å². The van der Waals surface area contributed by atoms with Gasteiger partial charge in [-0.15, -0.1) is 0 Å². The molecule has 0 bridgehead atoms. The summed E-state index contributed by atoms with van der Waals surface area (Å²) in [4.78, 5) is 0. The average Bonchev–Trinajstić information content (AvgIpc) is 3.36. The number of benzene rings is 5. The Labute approximate surface area is 251 Å². The molecule has 1 unspecified atom stereocenters. The van der Waals surface area contributed by atoms with Gasteiger partial charge >= 0.3 is 0 Å². The van der Waals surface area contributed by atoms with Crippen molar-refractivity contribution in [3.05, 3.63) is 142 Å². The van der Waals surface area contributed by atoms with Crippen LogP contribution >= 0.6 is 0 Å². The lowest BCUT2D eigenvalue weighted by atomic mass is 9.54. The summed E-state index contributed by atoms with van der Waals surface area (Å²) in [6.45, 7) is 17.0. The van der Waals surface area contributed by atoms with Crippen LogP contribution in [0.25, 0.3) is 33.4 Å². The fourth-order valence-corrected chi connectivity index (χ4v) is 8.85. The van der Waals surface area contributed by atoms with Gasteiger partial charge in [-0.25, -0.2) is 0 Å². The van der Waals surface area contributed by atoms with Gasteiger partial charge in [-0.05, 0) is 95.6 Å². The van der Waals surface area contributed by atoms with E-state index in [1.165, 1.54) is 72.3 Å². The Morgan fingerprint density at radius 1 is 0.405 bits per heavy atom. The summed E-state index contributed by atoms with van der Waals surface area (Å²) < 4.78 is 0. The van der Waals surface area contributed by atoms with E-state index in [1.807, 2.05) is 0 Å². The van der Waals surface area contributed by atoms with E-state index in [-0.39, 0.29) is 21.7 Å². The summed E-state index contributed by atoms with van der Waals surface area (Å²) in [6, 6.07) is 39.6. The first-order valence-corrected chi connectivity index (χ1v) is 15.6. The van der Waals surface area contributed by atoms with Crippen molar-refractivity contribution in [1.82, 2.24) is 0 Å². The molecule has 0 aromatic heterocycles. The zero-order valence-corrected chi connectivity index (χ0v) is 26.0. The van der Waals surface area contributed by atoms with Crippen molar-refractivity contribution in [2.45, 2.75) is 76.5 Å². The van der Waals surface area contributed by atoms with Gasteiger partial charge in [-0.3, -0.25) is 0 Å². The lowest BCUT2D eigenvalue weighted by Crippen LogP contribution is -2.43. The molecule has 0 heteroatoms.